The van der Waals surface area contributed by atoms with Crippen molar-refractivity contribution in [2.45, 2.75) is 6.42 Å². The molecule has 0 aliphatic carbocycles. The largest absolute Gasteiger partial charge is 0.396 e. The van der Waals surface area contributed by atoms with Gasteiger partial charge in [-0.3, -0.25) is 4.39 Å². The number of nitrogens with one attached hydrogen (secondary N) is 1. The van der Waals surface area contributed by atoms with E-state index in [4.69, 9.17) is 5.11 Å². The summed E-state index contributed by atoms with van der Waals surface area (Å²) in [7, 11) is 0. The van der Waals surface area contributed by atoms with E-state index < -0.39 is 0 Å². The molecule has 1 aliphatic rings. The van der Waals surface area contributed by atoms with E-state index >= 15 is 0 Å². The van der Waals surface area contributed by atoms with Crippen LogP contribution in [-0.4, -0.2) is 31.5 Å². The number of halogens is 1. The van der Waals surface area contributed by atoms with E-state index in [0.717, 1.165) is 13.1 Å². The molecular weight excluding hydrogens is 133 g/mol. The molecule has 1 aliphatic heterocycles. The minimum Gasteiger partial charge on any atom is -0.396 e. The summed E-state index contributed by atoms with van der Waals surface area (Å²) >= 11 is 0. The van der Waals surface area contributed by atoms with Gasteiger partial charge in [0, 0.05) is 13.2 Å². The highest BCUT2D eigenvalue weighted by molar-refractivity contribution is 4.79. The standard InChI is InChI=1S/C7H14FNO/c8-2-1-6-3-9-4-7(6)5-10/h6-7,9-10H,1-5H2. The monoisotopic (exact) mass is 147 g/mol. The van der Waals surface area contributed by atoms with E-state index in [-0.39, 0.29) is 19.2 Å². The van der Waals surface area contributed by atoms with Crippen LogP contribution >= 0.6 is 0 Å². The van der Waals surface area contributed by atoms with E-state index in [1.54, 1.807) is 0 Å². The smallest absolute Gasteiger partial charge is 0.0897 e. The molecule has 0 radical (unpaired) electrons. The Morgan fingerprint density at radius 3 is 2.70 bits per heavy atom. The SMILES string of the molecule is OCC1CNCC1CCF. The van der Waals surface area contributed by atoms with Gasteiger partial charge in [0.15, 0.2) is 0 Å². The van der Waals surface area contributed by atoms with Crippen molar-refractivity contribution in [1.29, 1.82) is 0 Å². The molecule has 0 aromatic heterocycles. The topological polar surface area (TPSA) is 32.3 Å². The van der Waals surface area contributed by atoms with Crippen molar-refractivity contribution in [3.63, 3.8) is 0 Å². The van der Waals surface area contributed by atoms with E-state index in [9.17, 15) is 4.39 Å². The van der Waals surface area contributed by atoms with Crippen molar-refractivity contribution in [3.8, 4) is 0 Å². The molecule has 0 spiro atoms. The first-order valence-corrected chi connectivity index (χ1v) is 3.76. The summed E-state index contributed by atoms with van der Waals surface area (Å²) in [5.74, 6) is 0.644. The number of rotatable bonds is 3. The van der Waals surface area contributed by atoms with Crippen LogP contribution in [0.1, 0.15) is 6.42 Å². The maximum atomic E-state index is 11.8. The zero-order chi connectivity index (χ0) is 7.40. The quantitative estimate of drug-likeness (QED) is 0.596. The molecule has 0 aromatic rings. The second kappa shape index (κ2) is 3.88. The lowest BCUT2D eigenvalue weighted by atomic mass is 9.94. The first-order valence-electron chi connectivity index (χ1n) is 3.76. The molecule has 1 heterocycles. The highest BCUT2D eigenvalue weighted by Crippen LogP contribution is 2.19. The molecule has 2 atom stereocenters. The Labute approximate surface area is 60.4 Å². The van der Waals surface area contributed by atoms with Gasteiger partial charge < -0.3 is 10.4 Å². The minimum absolute atomic E-state index is 0.192. The third kappa shape index (κ3) is 1.67. The molecule has 2 unspecified atom stereocenters. The van der Waals surface area contributed by atoms with Gasteiger partial charge in [0.05, 0.1) is 6.67 Å². The summed E-state index contributed by atoms with van der Waals surface area (Å²) in [6.07, 6.45) is 0.595. The molecule has 0 bridgehead atoms. The molecule has 10 heavy (non-hydrogen) atoms. The fraction of sp³-hybridized carbons (Fsp3) is 1.00. The predicted octanol–water partition coefficient (Wildman–Crippen LogP) is 0.174. The van der Waals surface area contributed by atoms with Crippen LogP contribution in [0.4, 0.5) is 4.39 Å². The molecule has 1 rings (SSSR count). The summed E-state index contributed by atoms with van der Waals surface area (Å²) in [6.45, 7) is 1.65. The van der Waals surface area contributed by atoms with Crippen molar-refractivity contribution >= 4 is 0 Å². The van der Waals surface area contributed by atoms with Gasteiger partial charge in [-0.05, 0) is 24.8 Å². The maximum Gasteiger partial charge on any atom is 0.0897 e. The molecule has 0 saturated carbocycles. The molecule has 2 nitrogen and oxygen atoms in total. The van der Waals surface area contributed by atoms with E-state index in [1.165, 1.54) is 0 Å². The van der Waals surface area contributed by atoms with Crippen molar-refractivity contribution in [1.82, 2.24) is 5.32 Å². The number of aliphatic hydroxyl groups is 1. The second-order valence-corrected chi connectivity index (χ2v) is 2.84. The zero-order valence-electron chi connectivity index (χ0n) is 6.02. The molecular formula is C7H14FNO. The number of hydrogen-bond donors (Lipinski definition) is 2. The van der Waals surface area contributed by atoms with Gasteiger partial charge in [-0.25, -0.2) is 0 Å². The maximum absolute atomic E-state index is 11.8. The summed E-state index contributed by atoms with van der Waals surface area (Å²) in [5.41, 5.74) is 0. The Morgan fingerprint density at radius 1 is 1.40 bits per heavy atom. The van der Waals surface area contributed by atoms with Crippen LogP contribution in [0.25, 0.3) is 0 Å². The third-order valence-corrected chi connectivity index (χ3v) is 2.19. The molecule has 1 fully saturated rings. The van der Waals surface area contributed by atoms with Gasteiger partial charge in [-0.1, -0.05) is 0 Å². The average Bonchev–Trinajstić information content (AvgIpc) is 2.36. The van der Waals surface area contributed by atoms with Gasteiger partial charge in [0.2, 0.25) is 0 Å². The fourth-order valence-electron chi connectivity index (χ4n) is 1.48. The van der Waals surface area contributed by atoms with Gasteiger partial charge >= 0.3 is 0 Å². The molecule has 3 heteroatoms. The lowest BCUT2D eigenvalue weighted by molar-refractivity contribution is 0.195. The summed E-state index contributed by atoms with van der Waals surface area (Å²) in [4.78, 5) is 0. The van der Waals surface area contributed by atoms with Gasteiger partial charge in [-0.2, -0.15) is 0 Å². The lowest BCUT2D eigenvalue weighted by Gasteiger charge is -2.12. The molecule has 0 aromatic carbocycles. The Hall–Kier alpha value is -0.150. The zero-order valence-corrected chi connectivity index (χ0v) is 6.02. The van der Waals surface area contributed by atoms with Crippen molar-refractivity contribution < 1.29 is 9.50 Å². The Kier molecular flexibility index (Phi) is 3.09. The number of alkyl halides is 1. The minimum atomic E-state index is -0.261. The highest BCUT2D eigenvalue weighted by atomic mass is 19.1. The van der Waals surface area contributed by atoms with E-state index in [2.05, 4.69) is 5.32 Å². The van der Waals surface area contributed by atoms with Crippen LogP contribution < -0.4 is 5.32 Å². The molecule has 60 valence electrons. The van der Waals surface area contributed by atoms with Gasteiger partial charge in [0.1, 0.15) is 0 Å². The third-order valence-electron chi connectivity index (χ3n) is 2.19. The molecule has 0 amide bonds. The van der Waals surface area contributed by atoms with Crippen LogP contribution in [0.5, 0.6) is 0 Å². The molecule has 2 N–H and O–H groups in total. The molecule has 1 saturated heterocycles. The van der Waals surface area contributed by atoms with E-state index in [1.807, 2.05) is 0 Å². The second-order valence-electron chi connectivity index (χ2n) is 2.84. The van der Waals surface area contributed by atoms with E-state index in [0.29, 0.717) is 12.3 Å². The Morgan fingerprint density at radius 2 is 2.10 bits per heavy atom. The highest BCUT2D eigenvalue weighted by Gasteiger charge is 2.25. The van der Waals surface area contributed by atoms with Crippen LogP contribution in [0.15, 0.2) is 0 Å². The summed E-state index contributed by atoms with van der Waals surface area (Å²) < 4.78 is 11.8. The van der Waals surface area contributed by atoms with Crippen molar-refractivity contribution in [2.24, 2.45) is 11.8 Å². The summed E-state index contributed by atoms with van der Waals surface area (Å²) in [6, 6.07) is 0. The van der Waals surface area contributed by atoms with Crippen molar-refractivity contribution in [2.75, 3.05) is 26.4 Å². The van der Waals surface area contributed by atoms with Gasteiger partial charge in [0.25, 0.3) is 0 Å². The van der Waals surface area contributed by atoms with Crippen LogP contribution in [0.3, 0.4) is 0 Å². The first-order chi connectivity index (χ1) is 4.88. The Bertz CT molecular complexity index is 99.6. The van der Waals surface area contributed by atoms with Gasteiger partial charge in [-0.15, -0.1) is 0 Å². The number of hydrogen-bond acceptors (Lipinski definition) is 2. The predicted molar refractivity (Wildman–Crippen MR) is 37.5 cm³/mol. The fourth-order valence-corrected chi connectivity index (χ4v) is 1.48. The van der Waals surface area contributed by atoms with Crippen molar-refractivity contribution in [3.05, 3.63) is 0 Å². The Balaban J connectivity index is 2.27. The lowest BCUT2D eigenvalue weighted by Crippen LogP contribution is -2.16. The van der Waals surface area contributed by atoms with Crippen LogP contribution in [-0.2, 0) is 0 Å². The average molecular weight is 147 g/mol. The normalized spacial score (nSPS) is 33.0. The summed E-state index contributed by atoms with van der Waals surface area (Å²) in [5, 5.41) is 11.9. The van der Waals surface area contributed by atoms with Crippen LogP contribution in [0.2, 0.25) is 0 Å². The first kappa shape index (κ1) is 7.95. The van der Waals surface area contributed by atoms with Crippen LogP contribution in [0, 0.1) is 11.8 Å². The number of aliphatic hydroxyl groups excluding tert-OH is 1.